The Morgan fingerprint density at radius 1 is 1.80 bits per heavy atom. The molecule has 0 aromatic rings. The highest BCUT2D eigenvalue weighted by Crippen LogP contribution is 2.05. The zero-order chi connectivity index (χ0) is 7.40. The van der Waals surface area contributed by atoms with E-state index in [0.717, 1.165) is 0 Å². The molecule has 10 heavy (non-hydrogen) atoms. The summed E-state index contributed by atoms with van der Waals surface area (Å²) >= 11 is 0. The summed E-state index contributed by atoms with van der Waals surface area (Å²) in [5, 5.41) is 8.34. The van der Waals surface area contributed by atoms with Gasteiger partial charge in [-0.1, -0.05) is 6.08 Å². The molecule has 0 bridgehead atoms. The minimum absolute atomic E-state index is 0.0259. The fraction of sp³-hybridized carbons (Fsp3) is 0.286. The van der Waals surface area contributed by atoms with Gasteiger partial charge in [0.25, 0.3) is 0 Å². The van der Waals surface area contributed by atoms with E-state index in [2.05, 4.69) is 0 Å². The molecule has 0 aliphatic carbocycles. The van der Waals surface area contributed by atoms with Gasteiger partial charge in [-0.15, -0.1) is 0 Å². The highest BCUT2D eigenvalue weighted by Gasteiger charge is 2.11. The van der Waals surface area contributed by atoms with Crippen LogP contribution in [0.4, 0.5) is 0 Å². The van der Waals surface area contributed by atoms with E-state index in [1.54, 1.807) is 12.2 Å². The van der Waals surface area contributed by atoms with E-state index >= 15 is 0 Å². The van der Waals surface area contributed by atoms with Crippen molar-refractivity contribution in [3.05, 3.63) is 24.3 Å². The number of rotatable bonds is 2. The third-order valence-corrected chi connectivity index (χ3v) is 1.11. The summed E-state index contributed by atoms with van der Waals surface area (Å²) in [6.07, 6.45) is 5.88. The lowest BCUT2D eigenvalue weighted by Gasteiger charge is -1.99. The fourth-order valence-electron chi connectivity index (χ4n) is 0.685. The summed E-state index contributed by atoms with van der Waals surface area (Å²) in [4.78, 5) is 10.4. The fourth-order valence-corrected chi connectivity index (χ4v) is 0.685. The van der Waals surface area contributed by atoms with Crippen LogP contribution in [0.15, 0.2) is 24.3 Å². The lowest BCUT2D eigenvalue weighted by Crippen LogP contribution is -2.03. The smallest absolute Gasteiger partial charge is 0.331 e. The minimum Gasteiger partial charge on any atom is -0.451 e. The Balaban J connectivity index is 2.39. The maximum absolute atomic E-state index is 10.4. The van der Waals surface area contributed by atoms with Crippen LogP contribution in [-0.2, 0) is 9.53 Å². The molecule has 1 unspecified atom stereocenters. The summed E-state index contributed by atoms with van der Waals surface area (Å²) in [7, 11) is 0. The summed E-state index contributed by atoms with van der Waals surface area (Å²) in [5.41, 5.74) is 0. The SMILES string of the molecule is O=C1C=CC(/C=C/CO)O1. The van der Waals surface area contributed by atoms with Crippen molar-refractivity contribution < 1.29 is 14.6 Å². The van der Waals surface area contributed by atoms with Crippen LogP contribution in [0.3, 0.4) is 0 Å². The standard InChI is InChI=1S/C7H8O3/c8-5-1-2-6-3-4-7(9)10-6/h1-4,6,8H,5H2/b2-1+. The van der Waals surface area contributed by atoms with Crippen molar-refractivity contribution in [2.24, 2.45) is 0 Å². The topological polar surface area (TPSA) is 46.5 Å². The number of hydrogen-bond acceptors (Lipinski definition) is 3. The lowest BCUT2D eigenvalue weighted by atomic mass is 10.3. The van der Waals surface area contributed by atoms with Crippen molar-refractivity contribution >= 4 is 5.97 Å². The average Bonchev–Trinajstić information content (AvgIpc) is 2.31. The molecule has 1 rings (SSSR count). The number of carbonyl (C=O) groups excluding carboxylic acids is 1. The predicted octanol–water partition coefficient (Wildman–Crippen LogP) is 0.0165. The van der Waals surface area contributed by atoms with Crippen LogP contribution in [0.5, 0.6) is 0 Å². The van der Waals surface area contributed by atoms with Gasteiger partial charge in [0.2, 0.25) is 0 Å². The molecule has 1 atom stereocenters. The molecule has 0 radical (unpaired) electrons. The first kappa shape index (κ1) is 7.02. The number of aliphatic hydroxyl groups is 1. The Bertz CT molecular complexity index is 181. The van der Waals surface area contributed by atoms with Crippen molar-refractivity contribution in [1.82, 2.24) is 0 Å². The molecule has 1 aliphatic rings. The van der Waals surface area contributed by atoms with Crippen molar-refractivity contribution in [2.45, 2.75) is 6.10 Å². The van der Waals surface area contributed by atoms with E-state index in [1.807, 2.05) is 0 Å². The molecule has 0 aromatic heterocycles. The lowest BCUT2D eigenvalue weighted by molar-refractivity contribution is -0.137. The number of cyclic esters (lactones) is 1. The minimum atomic E-state index is -0.326. The molecule has 3 heteroatoms. The van der Waals surface area contributed by atoms with Gasteiger partial charge in [-0.25, -0.2) is 4.79 Å². The van der Waals surface area contributed by atoms with E-state index < -0.39 is 0 Å². The third kappa shape index (κ3) is 1.70. The van der Waals surface area contributed by atoms with Crippen molar-refractivity contribution in [3.8, 4) is 0 Å². The molecule has 0 aromatic carbocycles. The Hall–Kier alpha value is -1.09. The van der Waals surface area contributed by atoms with Gasteiger partial charge >= 0.3 is 5.97 Å². The highest BCUT2D eigenvalue weighted by atomic mass is 16.5. The Kier molecular flexibility index (Phi) is 2.23. The molecule has 0 spiro atoms. The zero-order valence-corrected chi connectivity index (χ0v) is 5.36. The van der Waals surface area contributed by atoms with Gasteiger partial charge in [0, 0.05) is 6.08 Å². The van der Waals surface area contributed by atoms with Gasteiger partial charge in [0.05, 0.1) is 6.61 Å². The second-order valence-electron chi connectivity index (χ2n) is 1.87. The van der Waals surface area contributed by atoms with E-state index in [9.17, 15) is 4.79 Å². The first-order chi connectivity index (χ1) is 4.83. The van der Waals surface area contributed by atoms with Crippen LogP contribution in [0.1, 0.15) is 0 Å². The summed E-state index contributed by atoms with van der Waals surface area (Å²) in [6, 6.07) is 0. The second-order valence-corrected chi connectivity index (χ2v) is 1.87. The molecule has 0 saturated carbocycles. The molecular weight excluding hydrogens is 132 g/mol. The van der Waals surface area contributed by atoms with Crippen LogP contribution in [-0.4, -0.2) is 23.8 Å². The molecule has 1 heterocycles. The number of esters is 1. The maximum Gasteiger partial charge on any atom is 0.331 e. The number of aliphatic hydroxyl groups excluding tert-OH is 1. The van der Waals surface area contributed by atoms with Crippen molar-refractivity contribution in [1.29, 1.82) is 0 Å². The number of ether oxygens (including phenoxy) is 1. The Morgan fingerprint density at radius 2 is 2.60 bits per heavy atom. The average molecular weight is 140 g/mol. The molecular formula is C7H8O3. The van der Waals surface area contributed by atoms with Gasteiger partial charge < -0.3 is 9.84 Å². The van der Waals surface area contributed by atoms with Gasteiger partial charge in [0.15, 0.2) is 0 Å². The first-order valence-electron chi connectivity index (χ1n) is 2.99. The number of hydrogen-bond donors (Lipinski definition) is 1. The molecule has 3 nitrogen and oxygen atoms in total. The molecule has 1 aliphatic heterocycles. The Labute approximate surface area is 58.6 Å². The van der Waals surface area contributed by atoms with Crippen LogP contribution >= 0.6 is 0 Å². The summed E-state index contributed by atoms with van der Waals surface area (Å²) < 4.78 is 4.72. The largest absolute Gasteiger partial charge is 0.451 e. The summed E-state index contributed by atoms with van der Waals surface area (Å²) in [6.45, 7) is -0.0259. The third-order valence-electron chi connectivity index (χ3n) is 1.11. The van der Waals surface area contributed by atoms with Crippen molar-refractivity contribution in [2.75, 3.05) is 6.61 Å². The van der Waals surface area contributed by atoms with Crippen LogP contribution in [0.2, 0.25) is 0 Å². The van der Waals surface area contributed by atoms with Gasteiger partial charge in [0.1, 0.15) is 6.10 Å². The quantitative estimate of drug-likeness (QED) is 0.434. The normalized spacial score (nSPS) is 24.1. The molecule has 0 saturated heterocycles. The van der Waals surface area contributed by atoms with E-state index in [1.165, 1.54) is 12.2 Å². The van der Waals surface area contributed by atoms with E-state index in [4.69, 9.17) is 9.84 Å². The predicted molar refractivity (Wildman–Crippen MR) is 35.2 cm³/mol. The first-order valence-corrected chi connectivity index (χ1v) is 2.99. The second kappa shape index (κ2) is 3.17. The number of carbonyl (C=O) groups is 1. The molecule has 54 valence electrons. The van der Waals surface area contributed by atoms with Crippen LogP contribution in [0.25, 0.3) is 0 Å². The van der Waals surface area contributed by atoms with Gasteiger partial charge in [-0.2, -0.15) is 0 Å². The van der Waals surface area contributed by atoms with Gasteiger partial charge in [-0.3, -0.25) is 0 Å². The zero-order valence-electron chi connectivity index (χ0n) is 5.36. The van der Waals surface area contributed by atoms with Gasteiger partial charge in [-0.05, 0) is 12.2 Å². The van der Waals surface area contributed by atoms with E-state index in [-0.39, 0.29) is 18.7 Å². The molecule has 0 fully saturated rings. The van der Waals surface area contributed by atoms with Crippen LogP contribution in [0, 0.1) is 0 Å². The van der Waals surface area contributed by atoms with Crippen LogP contribution < -0.4 is 0 Å². The highest BCUT2D eigenvalue weighted by molar-refractivity contribution is 5.84. The Morgan fingerprint density at radius 3 is 3.10 bits per heavy atom. The monoisotopic (exact) mass is 140 g/mol. The molecule has 0 amide bonds. The molecule has 1 N–H and O–H groups in total. The summed E-state index contributed by atoms with van der Waals surface area (Å²) in [5.74, 6) is -0.326. The van der Waals surface area contributed by atoms with E-state index in [0.29, 0.717) is 0 Å². The maximum atomic E-state index is 10.4. The van der Waals surface area contributed by atoms with Crippen molar-refractivity contribution in [3.63, 3.8) is 0 Å².